The van der Waals surface area contributed by atoms with E-state index in [1.54, 1.807) is 0 Å². The Kier molecular flexibility index (Phi) is 4.20. The van der Waals surface area contributed by atoms with E-state index in [2.05, 4.69) is 6.92 Å². The van der Waals surface area contributed by atoms with Crippen LogP contribution in [0.4, 0.5) is 0 Å². The summed E-state index contributed by atoms with van der Waals surface area (Å²) in [6.07, 6.45) is 6.53. The van der Waals surface area contributed by atoms with Gasteiger partial charge in [0.25, 0.3) is 0 Å². The van der Waals surface area contributed by atoms with Gasteiger partial charge in [0.05, 0.1) is 6.61 Å². The minimum Gasteiger partial charge on any atom is -0.380 e. The van der Waals surface area contributed by atoms with Crippen molar-refractivity contribution in [2.24, 2.45) is 11.1 Å². The van der Waals surface area contributed by atoms with Gasteiger partial charge in [0.15, 0.2) is 0 Å². The summed E-state index contributed by atoms with van der Waals surface area (Å²) >= 11 is 0. The smallest absolute Gasteiger partial charge is 0.0622 e. The number of rotatable bonds is 5. The fourth-order valence-corrected chi connectivity index (χ4v) is 2.49. The molecule has 0 aromatic rings. The van der Waals surface area contributed by atoms with Crippen molar-refractivity contribution in [3.63, 3.8) is 0 Å². The summed E-state index contributed by atoms with van der Waals surface area (Å²) in [6.45, 7) is 5.81. The Labute approximate surface area is 81.8 Å². The first kappa shape index (κ1) is 11.0. The van der Waals surface area contributed by atoms with Crippen molar-refractivity contribution in [2.45, 2.75) is 52.0 Å². The second kappa shape index (κ2) is 4.97. The standard InChI is InChI=1S/C11H23NO/c1-3-11(7-5-6-8-11)10(12)9-13-4-2/h10H,3-9,12H2,1-2H3. The van der Waals surface area contributed by atoms with Crippen LogP contribution in [-0.2, 0) is 4.74 Å². The Bertz CT molecular complexity index is 141. The van der Waals surface area contributed by atoms with Gasteiger partial charge in [-0.2, -0.15) is 0 Å². The van der Waals surface area contributed by atoms with Crippen LogP contribution in [0.1, 0.15) is 46.0 Å². The van der Waals surface area contributed by atoms with E-state index in [-0.39, 0.29) is 6.04 Å². The highest BCUT2D eigenvalue weighted by atomic mass is 16.5. The predicted octanol–water partition coefficient (Wildman–Crippen LogP) is 2.32. The van der Waals surface area contributed by atoms with E-state index in [0.717, 1.165) is 13.2 Å². The maximum atomic E-state index is 6.19. The molecular weight excluding hydrogens is 162 g/mol. The summed E-state index contributed by atoms with van der Waals surface area (Å²) in [5.41, 5.74) is 6.58. The average molecular weight is 185 g/mol. The van der Waals surface area contributed by atoms with Crippen LogP contribution in [0.2, 0.25) is 0 Å². The summed E-state index contributed by atoms with van der Waals surface area (Å²) in [5, 5.41) is 0. The average Bonchev–Trinajstić information content (AvgIpc) is 2.63. The van der Waals surface area contributed by atoms with E-state index in [4.69, 9.17) is 10.5 Å². The van der Waals surface area contributed by atoms with E-state index < -0.39 is 0 Å². The number of ether oxygens (including phenoxy) is 1. The third-order valence-electron chi connectivity index (χ3n) is 3.59. The lowest BCUT2D eigenvalue weighted by molar-refractivity contribution is 0.0794. The van der Waals surface area contributed by atoms with Gasteiger partial charge in [0.1, 0.15) is 0 Å². The highest BCUT2D eigenvalue weighted by Crippen LogP contribution is 2.43. The third-order valence-corrected chi connectivity index (χ3v) is 3.59. The van der Waals surface area contributed by atoms with Crippen LogP contribution < -0.4 is 5.73 Å². The molecule has 0 amide bonds. The van der Waals surface area contributed by atoms with Crippen LogP contribution in [0, 0.1) is 5.41 Å². The van der Waals surface area contributed by atoms with Crippen LogP contribution in [0.5, 0.6) is 0 Å². The number of nitrogens with two attached hydrogens (primary N) is 1. The molecule has 0 aromatic carbocycles. The Morgan fingerprint density at radius 3 is 2.38 bits per heavy atom. The molecule has 0 heterocycles. The molecule has 1 fully saturated rings. The first-order chi connectivity index (χ1) is 6.25. The van der Waals surface area contributed by atoms with E-state index in [9.17, 15) is 0 Å². The molecule has 0 bridgehead atoms. The van der Waals surface area contributed by atoms with Crippen molar-refractivity contribution >= 4 is 0 Å². The zero-order valence-corrected chi connectivity index (χ0v) is 9.01. The normalized spacial score (nSPS) is 23.3. The summed E-state index contributed by atoms with van der Waals surface area (Å²) in [4.78, 5) is 0. The SMILES string of the molecule is CCOCC(N)C1(CC)CCCC1. The van der Waals surface area contributed by atoms with Gasteiger partial charge in [0.2, 0.25) is 0 Å². The molecular formula is C11H23NO. The molecule has 1 unspecified atom stereocenters. The van der Waals surface area contributed by atoms with E-state index in [0.29, 0.717) is 5.41 Å². The Morgan fingerprint density at radius 1 is 1.31 bits per heavy atom. The maximum Gasteiger partial charge on any atom is 0.0622 e. The maximum absolute atomic E-state index is 6.19. The lowest BCUT2D eigenvalue weighted by atomic mass is 9.77. The molecule has 1 saturated carbocycles. The highest BCUT2D eigenvalue weighted by molar-refractivity contribution is 4.92. The van der Waals surface area contributed by atoms with E-state index >= 15 is 0 Å². The van der Waals surface area contributed by atoms with E-state index in [1.807, 2.05) is 6.92 Å². The number of hydrogen-bond donors (Lipinski definition) is 1. The van der Waals surface area contributed by atoms with Crippen LogP contribution in [-0.4, -0.2) is 19.3 Å². The van der Waals surface area contributed by atoms with E-state index in [1.165, 1.54) is 32.1 Å². The highest BCUT2D eigenvalue weighted by Gasteiger charge is 2.37. The second-order valence-corrected chi connectivity index (χ2v) is 4.19. The Morgan fingerprint density at radius 2 is 1.92 bits per heavy atom. The van der Waals surface area contributed by atoms with Crippen molar-refractivity contribution in [3.8, 4) is 0 Å². The van der Waals surface area contributed by atoms with Gasteiger partial charge in [-0.25, -0.2) is 0 Å². The lowest BCUT2D eigenvalue weighted by Gasteiger charge is -2.34. The molecule has 2 heteroatoms. The Balaban J connectivity index is 2.44. The topological polar surface area (TPSA) is 35.2 Å². The zero-order chi connectivity index (χ0) is 9.73. The molecule has 1 aliphatic rings. The molecule has 1 aliphatic carbocycles. The second-order valence-electron chi connectivity index (χ2n) is 4.19. The van der Waals surface area contributed by atoms with Gasteiger partial charge in [-0.1, -0.05) is 19.8 Å². The largest absolute Gasteiger partial charge is 0.380 e. The van der Waals surface area contributed by atoms with Crippen molar-refractivity contribution in [1.82, 2.24) is 0 Å². The van der Waals surface area contributed by atoms with Crippen molar-refractivity contribution < 1.29 is 4.74 Å². The van der Waals surface area contributed by atoms with Crippen molar-refractivity contribution in [3.05, 3.63) is 0 Å². The molecule has 1 rings (SSSR count). The molecule has 2 nitrogen and oxygen atoms in total. The summed E-state index contributed by atoms with van der Waals surface area (Å²) in [5.74, 6) is 0. The molecule has 13 heavy (non-hydrogen) atoms. The van der Waals surface area contributed by atoms with Crippen molar-refractivity contribution in [1.29, 1.82) is 0 Å². The van der Waals surface area contributed by atoms with Gasteiger partial charge >= 0.3 is 0 Å². The molecule has 78 valence electrons. The van der Waals surface area contributed by atoms with Crippen LogP contribution >= 0.6 is 0 Å². The molecule has 0 saturated heterocycles. The molecule has 0 aromatic heterocycles. The minimum absolute atomic E-state index is 0.250. The molecule has 0 spiro atoms. The Hall–Kier alpha value is -0.0800. The van der Waals surface area contributed by atoms with Crippen molar-refractivity contribution in [2.75, 3.05) is 13.2 Å². The van der Waals surface area contributed by atoms with Gasteiger partial charge in [-0.3, -0.25) is 0 Å². The van der Waals surface area contributed by atoms with Gasteiger partial charge in [-0.05, 0) is 31.6 Å². The molecule has 0 aliphatic heterocycles. The fraction of sp³-hybridized carbons (Fsp3) is 1.00. The molecule has 2 N–H and O–H groups in total. The van der Waals surface area contributed by atoms with Gasteiger partial charge < -0.3 is 10.5 Å². The van der Waals surface area contributed by atoms with Crippen LogP contribution in [0.15, 0.2) is 0 Å². The first-order valence-corrected chi connectivity index (χ1v) is 5.58. The summed E-state index contributed by atoms with van der Waals surface area (Å²) < 4.78 is 5.41. The quantitative estimate of drug-likeness (QED) is 0.713. The summed E-state index contributed by atoms with van der Waals surface area (Å²) in [7, 11) is 0. The molecule has 1 atom stereocenters. The lowest BCUT2D eigenvalue weighted by Crippen LogP contribution is -2.43. The van der Waals surface area contributed by atoms with Crippen LogP contribution in [0.25, 0.3) is 0 Å². The number of hydrogen-bond acceptors (Lipinski definition) is 2. The summed E-state index contributed by atoms with van der Waals surface area (Å²) in [6, 6.07) is 0.250. The van der Waals surface area contributed by atoms with Gasteiger partial charge in [0, 0.05) is 12.6 Å². The first-order valence-electron chi connectivity index (χ1n) is 5.58. The zero-order valence-electron chi connectivity index (χ0n) is 9.01. The molecule has 0 radical (unpaired) electrons. The van der Waals surface area contributed by atoms with Crippen LogP contribution in [0.3, 0.4) is 0 Å². The predicted molar refractivity (Wildman–Crippen MR) is 55.7 cm³/mol. The monoisotopic (exact) mass is 185 g/mol. The third kappa shape index (κ3) is 2.44. The van der Waals surface area contributed by atoms with Gasteiger partial charge in [-0.15, -0.1) is 0 Å². The fourth-order valence-electron chi connectivity index (χ4n) is 2.49. The minimum atomic E-state index is 0.250.